The molecule has 30 heavy (non-hydrogen) atoms. The number of hydrogen-bond donors (Lipinski definition) is 0. The second-order valence-electron chi connectivity index (χ2n) is 7.09. The summed E-state index contributed by atoms with van der Waals surface area (Å²) in [5.74, 6) is -4.14. The molecule has 1 heterocycles. The zero-order valence-corrected chi connectivity index (χ0v) is 17.5. The molecule has 158 valence electrons. The second-order valence-corrected chi connectivity index (χ2v) is 8.24. The van der Waals surface area contributed by atoms with E-state index in [0.29, 0.717) is 5.56 Å². The highest BCUT2D eigenvalue weighted by Crippen LogP contribution is 2.40. The fourth-order valence-corrected chi connectivity index (χ4v) is 4.54. The summed E-state index contributed by atoms with van der Waals surface area (Å²) >= 11 is 1.13. The lowest BCUT2D eigenvalue weighted by Crippen LogP contribution is -2.45. The lowest BCUT2D eigenvalue weighted by molar-refractivity contribution is -0.142. The van der Waals surface area contributed by atoms with Crippen molar-refractivity contribution in [1.29, 1.82) is 0 Å². The van der Waals surface area contributed by atoms with Gasteiger partial charge in [0.15, 0.2) is 0 Å². The first-order chi connectivity index (χ1) is 14.2. The van der Waals surface area contributed by atoms with Gasteiger partial charge in [-0.05, 0) is 31.5 Å². The van der Waals surface area contributed by atoms with Crippen molar-refractivity contribution in [2.45, 2.75) is 37.6 Å². The molecule has 0 saturated carbocycles. The normalized spacial score (nSPS) is 20.8. The van der Waals surface area contributed by atoms with Crippen molar-refractivity contribution in [3.63, 3.8) is 0 Å². The Bertz CT molecular complexity index is 983. The lowest BCUT2D eigenvalue weighted by atomic mass is 9.98. The third kappa shape index (κ3) is 4.29. The quantitative estimate of drug-likeness (QED) is 0.404. The van der Waals surface area contributed by atoms with Crippen LogP contribution in [0.5, 0.6) is 0 Å². The summed E-state index contributed by atoms with van der Waals surface area (Å²) in [6.07, 6.45) is 0. The molecule has 0 aromatic heterocycles. The molecular weight excluding hydrogens is 412 g/mol. The van der Waals surface area contributed by atoms with Crippen molar-refractivity contribution < 1.29 is 27.9 Å². The minimum Gasteiger partial charge on any atom is -0.469 e. The average molecular weight is 433 g/mol. The highest BCUT2D eigenvalue weighted by Gasteiger charge is 2.41. The van der Waals surface area contributed by atoms with Gasteiger partial charge in [0.05, 0.1) is 19.1 Å². The van der Waals surface area contributed by atoms with Crippen molar-refractivity contribution >= 4 is 29.5 Å². The summed E-state index contributed by atoms with van der Waals surface area (Å²) in [7, 11) is 1.18. The Morgan fingerprint density at radius 2 is 1.80 bits per heavy atom. The van der Waals surface area contributed by atoms with Gasteiger partial charge in [0.1, 0.15) is 16.9 Å². The summed E-state index contributed by atoms with van der Waals surface area (Å²) in [5, 5.41) is -0.735. The van der Waals surface area contributed by atoms with Gasteiger partial charge in [0, 0.05) is 17.7 Å². The summed E-state index contributed by atoms with van der Waals surface area (Å²) in [6, 6.07) is 10.1. The zero-order valence-electron chi connectivity index (χ0n) is 16.7. The molecule has 0 N–H and O–H groups in total. The molecule has 0 aliphatic carbocycles. The Morgan fingerprint density at radius 3 is 2.43 bits per heavy atom. The van der Waals surface area contributed by atoms with Crippen molar-refractivity contribution in [1.82, 2.24) is 4.31 Å². The molecule has 3 atom stereocenters. The average Bonchev–Trinajstić information content (AvgIpc) is 2.75. The van der Waals surface area contributed by atoms with Crippen molar-refractivity contribution in [2.24, 2.45) is 0 Å². The van der Waals surface area contributed by atoms with E-state index in [4.69, 9.17) is 0 Å². The molecule has 1 saturated heterocycles. The van der Waals surface area contributed by atoms with Crippen LogP contribution >= 0.6 is 11.9 Å². The van der Waals surface area contributed by atoms with E-state index < -0.39 is 46.4 Å². The van der Waals surface area contributed by atoms with Crippen LogP contribution in [0.1, 0.15) is 41.7 Å². The minimum atomic E-state index is -0.955. The van der Waals surface area contributed by atoms with E-state index in [2.05, 4.69) is 4.74 Å². The standard InChI is InChI=1S/C22H21F2NO4S/c1-12(22(28)29-3)16-10-17(23)15(9-18(16)24)11-25-13(2)19(26)20(27)21(30-25)14-7-5-4-6-8-14/h4-10,12-13,21H,11H2,1-3H3/t12?,13-,21+/m0/s1. The number of methoxy groups -OCH3 is 1. The largest absolute Gasteiger partial charge is 0.469 e. The van der Waals surface area contributed by atoms with E-state index in [0.717, 1.165) is 24.1 Å². The van der Waals surface area contributed by atoms with Gasteiger partial charge < -0.3 is 4.74 Å². The molecule has 3 rings (SSSR count). The summed E-state index contributed by atoms with van der Waals surface area (Å²) < 4.78 is 35.5. The predicted molar refractivity (Wildman–Crippen MR) is 109 cm³/mol. The highest BCUT2D eigenvalue weighted by molar-refractivity contribution is 7.98. The topological polar surface area (TPSA) is 63.7 Å². The van der Waals surface area contributed by atoms with Crippen LogP contribution in [0.25, 0.3) is 0 Å². The predicted octanol–water partition coefficient (Wildman–Crippen LogP) is 3.97. The van der Waals surface area contributed by atoms with Crippen LogP contribution in [0.2, 0.25) is 0 Å². The van der Waals surface area contributed by atoms with Crippen LogP contribution < -0.4 is 0 Å². The fourth-order valence-electron chi connectivity index (χ4n) is 3.28. The summed E-state index contributed by atoms with van der Waals surface area (Å²) in [6.45, 7) is 2.92. The molecule has 0 spiro atoms. The molecule has 0 radical (unpaired) electrons. The van der Waals surface area contributed by atoms with Crippen LogP contribution in [0.15, 0.2) is 42.5 Å². The van der Waals surface area contributed by atoms with Gasteiger partial charge in [0.2, 0.25) is 11.6 Å². The third-order valence-electron chi connectivity index (χ3n) is 5.15. The van der Waals surface area contributed by atoms with Crippen LogP contribution in [0.3, 0.4) is 0 Å². The number of hydrogen-bond acceptors (Lipinski definition) is 6. The molecular formula is C22H21F2NO4S. The number of esters is 1. The first-order valence-electron chi connectivity index (χ1n) is 9.36. The zero-order chi connectivity index (χ0) is 22.0. The number of rotatable bonds is 5. The highest BCUT2D eigenvalue weighted by atomic mass is 32.2. The summed E-state index contributed by atoms with van der Waals surface area (Å²) in [5.41, 5.74) is 0.601. The molecule has 8 heteroatoms. The number of halogens is 2. The van der Waals surface area contributed by atoms with Gasteiger partial charge in [0.25, 0.3) is 0 Å². The van der Waals surface area contributed by atoms with E-state index in [1.807, 2.05) is 0 Å². The van der Waals surface area contributed by atoms with Gasteiger partial charge in [-0.25, -0.2) is 13.1 Å². The van der Waals surface area contributed by atoms with Crippen LogP contribution in [-0.2, 0) is 25.7 Å². The number of carbonyl (C=O) groups excluding carboxylic acids is 3. The van der Waals surface area contributed by atoms with Crippen LogP contribution in [0, 0.1) is 11.6 Å². The SMILES string of the molecule is COC(=O)C(C)c1cc(F)c(CN2S[C@H](c3ccccc3)C(=O)C(=O)[C@@H]2C)cc1F. The second kappa shape index (κ2) is 9.06. The number of benzene rings is 2. The number of nitrogens with zero attached hydrogens (tertiary/aromatic N) is 1. The van der Waals surface area contributed by atoms with Gasteiger partial charge >= 0.3 is 5.97 Å². The Morgan fingerprint density at radius 1 is 1.13 bits per heavy atom. The lowest BCUT2D eigenvalue weighted by Gasteiger charge is -2.35. The third-order valence-corrected chi connectivity index (χ3v) is 6.56. The minimum absolute atomic E-state index is 0.0293. The van der Waals surface area contributed by atoms with Gasteiger partial charge in [-0.1, -0.05) is 42.3 Å². The molecule has 2 aromatic carbocycles. The molecule has 1 unspecified atom stereocenters. The Kier molecular flexibility index (Phi) is 6.67. The maximum absolute atomic E-state index is 14.7. The van der Waals surface area contributed by atoms with E-state index >= 15 is 0 Å². The molecule has 1 aliphatic heterocycles. The monoisotopic (exact) mass is 433 g/mol. The van der Waals surface area contributed by atoms with Crippen LogP contribution in [-0.4, -0.2) is 35.0 Å². The molecule has 1 fully saturated rings. The number of ether oxygens (including phenoxy) is 1. The van der Waals surface area contributed by atoms with Crippen molar-refractivity contribution in [2.75, 3.05) is 7.11 Å². The fraction of sp³-hybridized carbons (Fsp3) is 0.318. The van der Waals surface area contributed by atoms with E-state index in [1.165, 1.54) is 14.0 Å². The van der Waals surface area contributed by atoms with E-state index in [9.17, 15) is 23.2 Å². The van der Waals surface area contributed by atoms with Crippen LogP contribution in [0.4, 0.5) is 8.78 Å². The maximum Gasteiger partial charge on any atom is 0.312 e. The van der Waals surface area contributed by atoms with E-state index in [1.54, 1.807) is 41.6 Å². The Balaban J connectivity index is 1.87. The van der Waals surface area contributed by atoms with Gasteiger partial charge in [-0.3, -0.25) is 14.4 Å². The van der Waals surface area contributed by atoms with Gasteiger partial charge in [-0.2, -0.15) is 0 Å². The number of carbonyl (C=O) groups is 3. The maximum atomic E-state index is 14.7. The molecule has 5 nitrogen and oxygen atoms in total. The molecule has 1 aliphatic rings. The van der Waals surface area contributed by atoms with E-state index in [-0.39, 0.29) is 17.7 Å². The first kappa shape index (κ1) is 22.1. The van der Waals surface area contributed by atoms with Gasteiger partial charge in [-0.15, -0.1) is 0 Å². The smallest absolute Gasteiger partial charge is 0.312 e. The van der Waals surface area contributed by atoms with Crippen molar-refractivity contribution in [3.05, 3.63) is 70.8 Å². The molecule has 0 amide bonds. The number of ketones is 2. The number of Topliss-reactive ketones (excluding diaryl/α,β-unsaturated/α-hetero) is 2. The Labute approximate surface area is 177 Å². The molecule has 0 bridgehead atoms. The van der Waals surface area contributed by atoms with Crippen molar-refractivity contribution in [3.8, 4) is 0 Å². The Hall–Kier alpha value is -2.58. The molecule has 2 aromatic rings. The first-order valence-corrected chi connectivity index (χ1v) is 10.2. The summed E-state index contributed by atoms with van der Waals surface area (Å²) in [4.78, 5) is 36.6.